The van der Waals surface area contributed by atoms with Crippen molar-refractivity contribution in [3.8, 4) is 0 Å². The molecule has 0 saturated carbocycles. The topological polar surface area (TPSA) is 50.4 Å². The smallest absolute Gasteiger partial charge is 0.330 e. The molecule has 1 heterocycles. The second-order valence-corrected chi connectivity index (χ2v) is 6.10. The molecule has 3 nitrogen and oxygen atoms in total. The third-order valence-corrected chi connectivity index (χ3v) is 3.96. The standard InChI is InChI=1S/C20H28O3/c1-15(9-6-10-18(4)20(21)22)7-5-8-16(2)11-12-19-17(3)13-14-23-19/h7,10-11,13-14H,5-6,8-9,12H2,1-4H3,(H,21,22)/b15-7+,16-11+,18-10+. The Kier molecular flexibility index (Phi) is 8.17. The SMILES string of the molecule is C/C(=C\CC/C(C)=C/Cc1occc1C)CC/C=C(\C)C(=O)O. The minimum absolute atomic E-state index is 0.421. The fourth-order valence-corrected chi connectivity index (χ4v) is 2.23. The first-order valence-electron chi connectivity index (χ1n) is 8.14. The van der Waals surface area contributed by atoms with Crippen LogP contribution in [0.25, 0.3) is 0 Å². The monoisotopic (exact) mass is 316 g/mol. The zero-order valence-electron chi connectivity index (χ0n) is 14.7. The summed E-state index contributed by atoms with van der Waals surface area (Å²) in [6.45, 7) is 7.96. The molecule has 0 atom stereocenters. The largest absolute Gasteiger partial charge is 0.478 e. The summed E-state index contributed by atoms with van der Waals surface area (Å²) in [4.78, 5) is 10.7. The van der Waals surface area contributed by atoms with Gasteiger partial charge >= 0.3 is 5.97 Å². The van der Waals surface area contributed by atoms with Gasteiger partial charge in [-0.1, -0.05) is 29.4 Å². The van der Waals surface area contributed by atoms with Gasteiger partial charge in [0.05, 0.1) is 6.26 Å². The van der Waals surface area contributed by atoms with Crippen molar-refractivity contribution in [1.82, 2.24) is 0 Å². The Balaban J connectivity index is 2.32. The van der Waals surface area contributed by atoms with Crippen LogP contribution in [0.5, 0.6) is 0 Å². The van der Waals surface area contributed by atoms with E-state index < -0.39 is 5.97 Å². The normalized spacial score (nSPS) is 13.5. The van der Waals surface area contributed by atoms with E-state index in [4.69, 9.17) is 9.52 Å². The number of aliphatic carboxylic acids is 1. The highest BCUT2D eigenvalue weighted by atomic mass is 16.4. The zero-order valence-corrected chi connectivity index (χ0v) is 14.7. The van der Waals surface area contributed by atoms with E-state index in [2.05, 4.69) is 32.9 Å². The Morgan fingerprint density at radius 2 is 1.70 bits per heavy atom. The molecule has 0 aliphatic carbocycles. The molecule has 126 valence electrons. The van der Waals surface area contributed by atoms with Crippen LogP contribution in [-0.2, 0) is 11.2 Å². The molecule has 1 aromatic rings. The summed E-state index contributed by atoms with van der Waals surface area (Å²) in [6.07, 6.45) is 12.6. The van der Waals surface area contributed by atoms with Gasteiger partial charge in [-0.2, -0.15) is 0 Å². The molecule has 0 unspecified atom stereocenters. The Morgan fingerprint density at radius 1 is 1.09 bits per heavy atom. The molecule has 1 aromatic heterocycles. The third-order valence-electron chi connectivity index (χ3n) is 3.96. The van der Waals surface area contributed by atoms with Crippen molar-refractivity contribution >= 4 is 5.97 Å². The number of aryl methyl sites for hydroxylation is 1. The number of hydrogen-bond donors (Lipinski definition) is 1. The highest BCUT2D eigenvalue weighted by Gasteiger charge is 2.00. The fourth-order valence-electron chi connectivity index (χ4n) is 2.23. The molecule has 0 aliphatic heterocycles. The van der Waals surface area contributed by atoms with Crippen LogP contribution >= 0.6 is 0 Å². The average molecular weight is 316 g/mol. The highest BCUT2D eigenvalue weighted by Crippen LogP contribution is 2.14. The maximum atomic E-state index is 10.7. The lowest BCUT2D eigenvalue weighted by molar-refractivity contribution is -0.132. The molecule has 1 N–H and O–H groups in total. The molecule has 0 bridgehead atoms. The van der Waals surface area contributed by atoms with E-state index in [1.807, 2.05) is 6.07 Å². The highest BCUT2D eigenvalue weighted by molar-refractivity contribution is 5.85. The van der Waals surface area contributed by atoms with Crippen molar-refractivity contribution in [2.45, 2.75) is 59.8 Å². The first kappa shape index (κ1) is 19.0. The van der Waals surface area contributed by atoms with Crippen LogP contribution in [0.3, 0.4) is 0 Å². The number of allylic oxidation sites excluding steroid dienone is 5. The average Bonchev–Trinajstić information content (AvgIpc) is 2.90. The summed E-state index contributed by atoms with van der Waals surface area (Å²) in [6, 6.07) is 1.99. The molecule has 0 aliphatic rings. The van der Waals surface area contributed by atoms with Gasteiger partial charge in [0.25, 0.3) is 0 Å². The molecular formula is C20H28O3. The first-order valence-corrected chi connectivity index (χ1v) is 8.14. The molecule has 23 heavy (non-hydrogen) atoms. The van der Waals surface area contributed by atoms with Gasteiger partial charge in [-0.25, -0.2) is 4.79 Å². The lowest BCUT2D eigenvalue weighted by Gasteiger charge is -2.02. The van der Waals surface area contributed by atoms with Gasteiger partial charge in [-0.05, 0) is 65.0 Å². The van der Waals surface area contributed by atoms with E-state index in [1.165, 1.54) is 16.7 Å². The maximum Gasteiger partial charge on any atom is 0.330 e. The van der Waals surface area contributed by atoms with Gasteiger partial charge in [-0.15, -0.1) is 0 Å². The maximum absolute atomic E-state index is 10.7. The van der Waals surface area contributed by atoms with Gasteiger partial charge in [0, 0.05) is 12.0 Å². The molecule has 0 amide bonds. The van der Waals surface area contributed by atoms with E-state index in [0.29, 0.717) is 5.57 Å². The van der Waals surface area contributed by atoms with Crippen molar-refractivity contribution in [1.29, 1.82) is 0 Å². The molecule has 3 heteroatoms. The van der Waals surface area contributed by atoms with E-state index in [9.17, 15) is 4.79 Å². The number of rotatable bonds is 9. The van der Waals surface area contributed by atoms with Crippen LogP contribution in [0.2, 0.25) is 0 Å². The molecular weight excluding hydrogens is 288 g/mol. The minimum Gasteiger partial charge on any atom is -0.478 e. The molecule has 0 radical (unpaired) electrons. The second kappa shape index (κ2) is 9.88. The molecule has 1 rings (SSSR count). The van der Waals surface area contributed by atoms with Crippen molar-refractivity contribution in [2.75, 3.05) is 0 Å². The predicted molar refractivity (Wildman–Crippen MR) is 94.5 cm³/mol. The number of carboxylic acid groups (broad SMARTS) is 1. The van der Waals surface area contributed by atoms with Crippen molar-refractivity contribution in [2.24, 2.45) is 0 Å². The predicted octanol–water partition coefficient (Wildman–Crippen LogP) is 5.61. The number of carboxylic acids is 1. The van der Waals surface area contributed by atoms with Crippen LogP contribution < -0.4 is 0 Å². The Bertz CT molecular complexity index is 600. The van der Waals surface area contributed by atoms with Crippen molar-refractivity contribution in [3.05, 3.63) is 58.6 Å². The Hall–Kier alpha value is -2.03. The van der Waals surface area contributed by atoms with E-state index in [1.54, 1.807) is 19.3 Å². The lowest BCUT2D eigenvalue weighted by Crippen LogP contribution is -1.95. The quantitative estimate of drug-likeness (QED) is 0.475. The summed E-state index contributed by atoms with van der Waals surface area (Å²) in [5, 5.41) is 8.79. The Morgan fingerprint density at radius 3 is 2.26 bits per heavy atom. The molecule has 0 aromatic carbocycles. The fraction of sp³-hybridized carbons (Fsp3) is 0.450. The van der Waals surface area contributed by atoms with Gasteiger partial charge in [-0.3, -0.25) is 0 Å². The van der Waals surface area contributed by atoms with Gasteiger partial charge in [0.2, 0.25) is 0 Å². The number of carbonyl (C=O) groups is 1. The van der Waals surface area contributed by atoms with Crippen LogP contribution in [-0.4, -0.2) is 11.1 Å². The van der Waals surface area contributed by atoms with Gasteiger partial charge in [0.15, 0.2) is 0 Å². The van der Waals surface area contributed by atoms with E-state index >= 15 is 0 Å². The Labute approximate surface area is 139 Å². The van der Waals surface area contributed by atoms with Crippen molar-refractivity contribution in [3.63, 3.8) is 0 Å². The zero-order chi connectivity index (χ0) is 17.2. The van der Waals surface area contributed by atoms with Crippen LogP contribution in [0.15, 0.2) is 51.7 Å². The van der Waals surface area contributed by atoms with Crippen LogP contribution in [0, 0.1) is 6.92 Å². The summed E-state index contributed by atoms with van der Waals surface area (Å²) in [5.41, 5.74) is 4.31. The molecule has 0 fully saturated rings. The van der Waals surface area contributed by atoms with E-state index in [0.717, 1.165) is 37.9 Å². The number of hydrogen-bond acceptors (Lipinski definition) is 2. The van der Waals surface area contributed by atoms with E-state index in [-0.39, 0.29) is 0 Å². The van der Waals surface area contributed by atoms with Crippen LogP contribution in [0.4, 0.5) is 0 Å². The summed E-state index contributed by atoms with van der Waals surface area (Å²) >= 11 is 0. The second-order valence-electron chi connectivity index (χ2n) is 6.10. The first-order chi connectivity index (χ1) is 10.9. The van der Waals surface area contributed by atoms with Gasteiger partial charge < -0.3 is 9.52 Å². The third kappa shape index (κ3) is 7.68. The summed E-state index contributed by atoms with van der Waals surface area (Å²) < 4.78 is 5.43. The summed E-state index contributed by atoms with van der Waals surface area (Å²) in [5.74, 6) is 0.204. The molecule has 0 saturated heterocycles. The minimum atomic E-state index is -0.834. The van der Waals surface area contributed by atoms with Gasteiger partial charge in [0.1, 0.15) is 5.76 Å². The molecule has 0 spiro atoms. The van der Waals surface area contributed by atoms with Crippen LogP contribution in [0.1, 0.15) is 57.8 Å². The lowest BCUT2D eigenvalue weighted by atomic mass is 10.1. The van der Waals surface area contributed by atoms with Crippen molar-refractivity contribution < 1.29 is 14.3 Å². The summed E-state index contributed by atoms with van der Waals surface area (Å²) in [7, 11) is 0. The number of furan rings is 1.